The molecule has 0 aromatic heterocycles. The van der Waals surface area contributed by atoms with Crippen LogP contribution in [0.1, 0.15) is 25.7 Å². The molecule has 1 saturated carbocycles. The Morgan fingerprint density at radius 3 is 2.62 bits per heavy atom. The Bertz CT molecular complexity index is 399. The van der Waals surface area contributed by atoms with Crippen LogP contribution in [-0.4, -0.2) is 16.7 Å². The first-order valence-electron chi connectivity index (χ1n) is 5.27. The van der Waals surface area contributed by atoms with Gasteiger partial charge in [-0.05, 0) is 31.4 Å². The molecular formula is C12H13FO3. The van der Waals surface area contributed by atoms with E-state index in [-0.39, 0.29) is 12.2 Å². The van der Waals surface area contributed by atoms with E-state index in [1.807, 2.05) is 0 Å². The van der Waals surface area contributed by atoms with Gasteiger partial charge in [-0.15, -0.1) is 0 Å². The molecule has 0 amide bonds. The maximum atomic E-state index is 13.3. The highest BCUT2D eigenvalue weighted by atomic mass is 19.1. The predicted molar refractivity (Wildman–Crippen MR) is 55.9 cm³/mol. The van der Waals surface area contributed by atoms with Crippen molar-refractivity contribution in [1.29, 1.82) is 0 Å². The molecule has 0 atom stereocenters. The number of aliphatic carboxylic acids is 1. The summed E-state index contributed by atoms with van der Waals surface area (Å²) in [6, 6.07) is 6.08. The van der Waals surface area contributed by atoms with Gasteiger partial charge in [0.1, 0.15) is 5.60 Å². The second kappa shape index (κ2) is 4.12. The van der Waals surface area contributed by atoms with Crippen molar-refractivity contribution in [2.75, 3.05) is 0 Å². The molecule has 1 aliphatic carbocycles. The third kappa shape index (κ3) is 2.15. The average molecular weight is 224 g/mol. The topological polar surface area (TPSA) is 46.5 Å². The van der Waals surface area contributed by atoms with Gasteiger partial charge in [0.05, 0.1) is 6.42 Å². The van der Waals surface area contributed by atoms with Crippen LogP contribution in [0.15, 0.2) is 24.3 Å². The van der Waals surface area contributed by atoms with E-state index >= 15 is 0 Å². The average Bonchev–Trinajstić information content (AvgIpc) is 2.17. The molecule has 1 fully saturated rings. The first-order valence-corrected chi connectivity index (χ1v) is 5.27. The van der Waals surface area contributed by atoms with E-state index in [2.05, 4.69) is 0 Å². The van der Waals surface area contributed by atoms with Crippen LogP contribution in [0.3, 0.4) is 0 Å². The number of carboxylic acids is 1. The van der Waals surface area contributed by atoms with Crippen LogP contribution in [-0.2, 0) is 4.79 Å². The van der Waals surface area contributed by atoms with Gasteiger partial charge in [-0.3, -0.25) is 4.79 Å². The fourth-order valence-electron chi connectivity index (χ4n) is 1.92. The zero-order chi connectivity index (χ0) is 11.6. The second-order valence-corrected chi connectivity index (χ2v) is 4.14. The number of carboxylic acid groups (broad SMARTS) is 1. The Balaban J connectivity index is 2.13. The summed E-state index contributed by atoms with van der Waals surface area (Å²) in [6.45, 7) is 0. The monoisotopic (exact) mass is 224 g/mol. The summed E-state index contributed by atoms with van der Waals surface area (Å²) in [4.78, 5) is 10.7. The molecule has 0 unspecified atom stereocenters. The van der Waals surface area contributed by atoms with Crippen LogP contribution in [0, 0.1) is 5.82 Å². The van der Waals surface area contributed by atoms with Gasteiger partial charge in [0.15, 0.2) is 11.6 Å². The molecule has 16 heavy (non-hydrogen) atoms. The number of ether oxygens (including phenoxy) is 1. The lowest BCUT2D eigenvalue weighted by atomic mass is 9.77. The summed E-state index contributed by atoms with van der Waals surface area (Å²) in [7, 11) is 0. The van der Waals surface area contributed by atoms with Crippen LogP contribution in [0.25, 0.3) is 0 Å². The minimum Gasteiger partial charge on any atom is -0.484 e. The number of para-hydroxylation sites is 1. The van der Waals surface area contributed by atoms with Crippen molar-refractivity contribution in [3.63, 3.8) is 0 Å². The first kappa shape index (κ1) is 10.9. The van der Waals surface area contributed by atoms with Crippen LogP contribution in [0.4, 0.5) is 4.39 Å². The van der Waals surface area contributed by atoms with E-state index in [1.165, 1.54) is 12.1 Å². The molecule has 1 aliphatic rings. The quantitative estimate of drug-likeness (QED) is 0.855. The summed E-state index contributed by atoms with van der Waals surface area (Å²) >= 11 is 0. The van der Waals surface area contributed by atoms with Gasteiger partial charge in [0.2, 0.25) is 0 Å². The summed E-state index contributed by atoms with van der Waals surface area (Å²) in [5, 5.41) is 8.79. The van der Waals surface area contributed by atoms with Crippen LogP contribution < -0.4 is 4.74 Å². The number of hydrogen-bond donors (Lipinski definition) is 1. The van der Waals surface area contributed by atoms with E-state index in [4.69, 9.17) is 9.84 Å². The Morgan fingerprint density at radius 1 is 1.44 bits per heavy atom. The molecule has 0 heterocycles. The third-order valence-electron chi connectivity index (χ3n) is 2.90. The SMILES string of the molecule is O=C(O)CC1(Oc2ccccc2F)CCC1. The number of rotatable bonds is 4. The van der Waals surface area contributed by atoms with Crippen LogP contribution in [0.5, 0.6) is 5.75 Å². The number of carbonyl (C=O) groups is 1. The highest BCUT2D eigenvalue weighted by Gasteiger charge is 2.41. The Labute approximate surface area is 92.9 Å². The third-order valence-corrected chi connectivity index (χ3v) is 2.90. The van der Waals surface area contributed by atoms with Gasteiger partial charge in [0, 0.05) is 0 Å². The van der Waals surface area contributed by atoms with Crippen molar-refractivity contribution >= 4 is 5.97 Å². The van der Waals surface area contributed by atoms with Crippen molar-refractivity contribution in [2.24, 2.45) is 0 Å². The molecule has 0 bridgehead atoms. The van der Waals surface area contributed by atoms with Gasteiger partial charge in [-0.25, -0.2) is 4.39 Å². The van der Waals surface area contributed by atoms with Crippen molar-refractivity contribution in [3.8, 4) is 5.75 Å². The molecule has 86 valence electrons. The Morgan fingerprint density at radius 2 is 2.12 bits per heavy atom. The largest absolute Gasteiger partial charge is 0.484 e. The van der Waals surface area contributed by atoms with Gasteiger partial charge < -0.3 is 9.84 Å². The van der Waals surface area contributed by atoms with E-state index in [1.54, 1.807) is 12.1 Å². The molecule has 1 aromatic rings. The van der Waals surface area contributed by atoms with Gasteiger partial charge in [-0.2, -0.15) is 0 Å². The van der Waals surface area contributed by atoms with Crippen LogP contribution in [0.2, 0.25) is 0 Å². The summed E-state index contributed by atoms with van der Waals surface area (Å²) < 4.78 is 18.9. The van der Waals surface area contributed by atoms with E-state index in [0.717, 1.165) is 6.42 Å². The molecule has 2 rings (SSSR count). The lowest BCUT2D eigenvalue weighted by molar-refractivity contribution is -0.144. The zero-order valence-corrected chi connectivity index (χ0v) is 8.78. The lowest BCUT2D eigenvalue weighted by Crippen LogP contribution is -2.45. The van der Waals surface area contributed by atoms with Crippen LogP contribution >= 0.6 is 0 Å². The van der Waals surface area contributed by atoms with E-state index in [0.29, 0.717) is 12.8 Å². The fraction of sp³-hybridized carbons (Fsp3) is 0.417. The van der Waals surface area contributed by atoms with Crippen molar-refractivity contribution < 1.29 is 19.0 Å². The van der Waals surface area contributed by atoms with E-state index in [9.17, 15) is 9.18 Å². The normalized spacial score (nSPS) is 17.6. The Kier molecular flexibility index (Phi) is 2.81. The molecular weight excluding hydrogens is 211 g/mol. The molecule has 0 saturated heterocycles. The molecule has 0 spiro atoms. The molecule has 1 aromatic carbocycles. The molecule has 3 nitrogen and oxygen atoms in total. The number of benzene rings is 1. The minimum absolute atomic E-state index is 0.0681. The zero-order valence-electron chi connectivity index (χ0n) is 8.78. The highest BCUT2D eigenvalue weighted by molar-refractivity contribution is 5.68. The lowest BCUT2D eigenvalue weighted by Gasteiger charge is -2.40. The van der Waals surface area contributed by atoms with E-state index < -0.39 is 17.4 Å². The number of halogens is 1. The number of hydrogen-bond acceptors (Lipinski definition) is 2. The molecule has 4 heteroatoms. The maximum Gasteiger partial charge on any atom is 0.307 e. The second-order valence-electron chi connectivity index (χ2n) is 4.14. The summed E-state index contributed by atoms with van der Waals surface area (Å²) in [6.07, 6.45) is 2.21. The van der Waals surface area contributed by atoms with Gasteiger partial charge in [-0.1, -0.05) is 12.1 Å². The molecule has 0 radical (unpaired) electrons. The predicted octanol–water partition coefficient (Wildman–Crippen LogP) is 2.60. The fourth-order valence-corrected chi connectivity index (χ4v) is 1.92. The smallest absolute Gasteiger partial charge is 0.307 e. The first-order chi connectivity index (χ1) is 7.61. The minimum atomic E-state index is -0.906. The van der Waals surface area contributed by atoms with Crippen molar-refractivity contribution in [3.05, 3.63) is 30.1 Å². The van der Waals surface area contributed by atoms with Gasteiger partial charge >= 0.3 is 5.97 Å². The molecule has 0 aliphatic heterocycles. The molecule has 1 N–H and O–H groups in total. The van der Waals surface area contributed by atoms with Crippen molar-refractivity contribution in [2.45, 2.75) is 31.3 Å². The summed E-state index contributed by atoms with van der Waals surface area (Å²) in [5.41, 5.74) is -0.700. The standard InChI is InChI=1S/C12H13FO3/c13-9-4-1-2-5-10(9)16-12(6-3-7-12)8-11(14)15/h1-2,4-5H,3,6-8H2,(H,14,15). The van der Waals surface area contributed by atoms with Crippen molar-refractivity contribution in [1.82, 2.24) is 0 Å². The highest BCUT2D eigenvalue weighted by Crippen LogP contribution is 2.39. The van der Waals surface area contributed by atoms with Gasteiger partial charge in [0.25, 0.3) is 0 Å². The Hall–Kier alpha value is -1.58. The summed E-state index contributed by atoms with van der Waals surface area (Å²) in [5.74, 6) is -1.21. The maximum absolute atomic E-state index is 13.3.